The minimum absolute atomic E-state index is 0.127. The van der Waals surface area contributed by atoms with Crippen molar-refractivity contribution in [2.75, 3.05) is 7.11 Å². The van der Waals surface area contributed by atoms with Crippen molar-refractivity contribution in [1.82, 2.24) is 15.7 Å². The first kappa shape index (κ1) is 14.7. The Hall–Kier alpha value is -2.71. The van der Waals surface area contributed by atoms with Crippen LogP contribution in [0.15, 0.2) is 29.1 Å². The highest BCUT2D eigenvalue weighted by molar-refractivity contribution is 5.98. The number of H-pyrrole nitrogens is 1. The van der Waals surface area contributed by atoms with Crippen molar-refractivity contribution in [3.63, 3.8) is 0 Å². The van der Waals surface area contributed by atoms with Gasteiger partial charge in [-0.1, -0.05) is 0 Å². The number of ether oxygens (including phenoxy) is 1. The Morgan fingerprint density at radius 2 is 2.19 bits per heavy atom. The molecule has 2 aromatic rings. The van der Waals surface area contributed by atoms with Crippen LogP contribution in [-0.4, -0.2) is 30.5 Å². The molecule has 0 radical (unpaired) electrons. The lowest BCUT2D eigenvalue weighted by Crippen LogP contribution is -2.50. The first-order valence-electron chi connectivity index (χ1n) is 6.02. The maximum Gasteiger partial charge on any atom is 0.261 e. The number of nitrogens with two attached hydrogens (primary N) is 1. The number of amides is 1. The summed E-state index contributed by atoms with van der Waals surface area (Å²) in [6.07, 6.45) is -0.659. The smallest absolute Gasteiger partial charge is 0.261 e. The molecule has 1 atom stereocenters. The highest BCUT2D eigenvalue weighted by Crippen LogP contribution is 2.18. The van der Waals surface area contributed by atoms with E-state index in [1.54, 1.807) is 18.2 Å². The molecule has 2 rings (SSSR count). The molecule has 8 heteroatoms. The van der Waals surface area contributed by atoms with Gasteiger partial charge in [0.25, 0.3) is 11.5 Å². The van der Waals surface area contributed by atoms with Crippen molar-refractivity contribution < 1.29 is 14.3 Å². The number of aromatic nitrogens is 1. The fraction of sp³-hybridized carbons (Fsp3) is 0.154. The second-order valence-electron chi connectivity index (χ2n) is 4.22. The Balaban J connectivity index is 2.43. The third-order valence-electron chi connectivity index (χ3n) is 2.90. The van der Waals surface area contributed by atoms with E-state index in [0.29, 0.717) is 22.9 Å². The van der Waals surface area contributed by atoms with Crippen molar-refractivity contribution >= 4 is 23.1 Å². The first-order chi connectivity index (χ1) is 10.1. The molecular weight excluding hydrogens is 276 g/mol. The summed E-state index contributed by atoms with van der Waals surface area (Å²) >= 11 is 0. The highest BCUT2D eigenvalue weighted by atomic mass is 16.5. The molecule has 1 aromatic heterocycles. The summed E-state index contributed by atoms with van der Waals surface area (Å²) in [5.74, 6) is 4.96. The molecule has 0 spiro atoms. The van der Waals surface area contributed by atoms with Gasteiger partial charge in [0, 0.05) is 10.9 Å². The summed E-state index contributed by atoms with van der Waals surface area (Å²) in [6, 6.07) is 6.47. The van der Waals surface area contributed by atoms with Crippen LogP contribution in [-0.2, 0) is 4.79 Å². The molecule has 0 saturated carbocycles. The van der Waals surface area contributed by atoms with E-state index in [1.165, 1.54) is 13.2 Å². The Labute approximate surface area is 119 Å². The molecule has 21 heavy (non-hydrogen) atoms. The number of fused-ring (bicyclic) bond motifs is 1. The van der Waals surface area contributed by atoms with Crippen LogP contribution < -0.4 is 26.9 Å². The lowest BCUT2D eigenvalue weighted by molar-refractivity contribution is -0.110. The van der Waals surface area contributed by atoms with Crippen molar-refractivity contribution in [2.24, 2.45) is 5.84 Å². The number of hydrogen-bond donors (Lipinski definition) is 4. The number of carbonyl (C=O) groups is 2. The Bertz CT molecular complexity index is 741. The van der Waals surface area contributed by atoms with Crippen LogP contribution in [0.5, 0.6) is 5.75 Å². The van der Waals surface area contributed by atoms with E-state index < -0.39 is 17.6 Å². The van der Waals surface area contributed by atoms with E-state index in [4.69, 9.17) is 10.6 Å². The first-order valence-corrected chi connectivity index (χ1v) is 6.02. The summed E-state index contributed by atoms with van der Waals surface area (Å²) in [6.45, 7) is 0. The summed E-state index contributed by atoms with van der Waals surface area (Å²) in [5.41, 5.74) is 1.98. The lowest BCUT2D eigenvalue weighted by atomic mass is 10.1. The third-order valence-corrected chi connectivity index (χ3v) is 2.90. The third kappa shape index (κ3) is 3.07. The Morgan fingerprint density at radius 3 is 2.81 bits per heavy atom. The molecule has 0 bridgehead atoms. The topological polar surface area (TPSA) is 126 Å². The van der Waals surface area contributed by atoms with Crippen LogP contribution in [0, 0.1) is 0 Å². The predicted octanol–water partition coefficient (Wildman–Crippen LogP) is -0.745. The van der Waals surface area contributed by atoms with Gasteiger partial charge in [0.1, 0.15) is 17.5 Å². The van der Waals surface area contributed by atoms with Gasteiger partial charge < -0.3 is 15.0 Å². The number of benzene rings is 1. The maximum atomic E-state index is 12.0. The van der Waals surface area contributed by atoms with E-state index in [0.717, 1.165) is 0 Å². The van der Waals surface area contributed by atoms with Gasteiger partial charge in [0.15, 0.2) is 6.29 Å². The molecule has 1 aromatic carbocycles. The lowest BCUT2D eigenvalue weighted by Gasteiger charge is -2.11. The van der Waals surface area contributed by atoms with Crippen LogP contribution in [0.2, 0.25) is 0 Å². The SMILES string of the molecule is COc1ccc2[nH]c(=O)c(C(=O)NC(C=O)NN)cc2c1. The number of hydrazine groups is 1. The number of nitrogens with one attached hydrogen (secondary N) is 3. The summed E-state index contributed by atoms with van der Waals surface area (Å²) < 4.78 is 5.09. The minimum atomic E-state index is -1.07. The molecule has 1 amide bonds. The normalized spacial score (nSPS) is 11.9. The average Bonchev–Trinajstić information content (AvgIpc) is 2.51. The van der Waals surface area contributed by atoms with Crippen molar-refractivity contribution in [1.29, 1.82) is 0 Å². The van der Waals surface area contributed by atoms with Crippen molar-refractivity contribution in [3.8, 4) is 5.75 Å². The number of aldehydes is 1. The Kier molecular flexibility index (Phi) is 4.31. The van der Waals surface area contributed by atoms with Crippen LogP contribution in [0.3, 0.4) is 0 Å². The molecule has 0 aliphatic heterocycles. The van der Waals surface area contributed by atoms with E-state index in [-0.39, 0.29) is 5.56 Å². The van der Waals surface area contributed by atoms with E-state index >= 15 is 0 Å². The molecule has 1 unspecified atom stereocenters. The number of pyridine rings is 1. The van der Waals surface area contributed by atoms with Crippen LogP contribution in [0.4, 0.5) is 0 Å². The van der Waals surface area contributed by atoms with Gasteiger partial charge in [-0.15, -0.1) is 0 Å². The predicted molar refractivity (Wildman–Crippen MR) is 75.8 cm³/mol. The van der Waals surface area contributed by atoms with Crippen molar-refractivity contribution in [2.45, 2.75) is 6.17 Å². The van der Waals surface area contributed by atoms with Crippen LogP contribution in [0.25, 0.3) is 10.9 Å². The van der Waals surface area contributed by atoms with Gasteiger partial charge in [-0.2, -0.15) is 0 Å². The zero-order valence-corrected chi connectivity index (χ0v) is 11.2. The molecule has 0 fully saturated rings. The highest BCUT2D eigenvalue weighted by Gasteiger charge is 2.15. The van der Waals surface area contributed by atoms with Crippen molar-refractivity contribution in [3.05, 3.63) is 40.2 Å². The number of aromatic amines is 1. The van der Waals surface area contributed by atoms with Crippen LogP contribution >= 0.6 is 0 Å². The number of methoxy groups -OCH3 is 1. The molecule has 0 aliphatic carbocycles. The van der Waals surface area contributed by atoms with Gasteiger partial charge in [0.2, 0.25) is 0 Å². The molecule has 8 nitrogen and oxygen atoms in total. The van der Waals surface area contributed by atoms with Gasteiger partial charge in [-0.05, 0) is 24.3 Å². The minimum Gasteiger partial charge on any atom is -0.497 e. The fourth-order valence-electron chi connectivity index (χ4n) is 1.81. The quantitative estimate of drug-likeness (QED) is 0.248. The molecule has 0 saturated heterocycles. The van der Waals surface area contributed by atoms with E-state index in [2.05, 4.69) is 15.7 Å². The van der Waals surface area contributed by atoms with E-state index in [9.17, 15) is 14.4 Å². The standard InChI is InChI=1S/C13H14N4O4/c1-21-8-2-3-10-7(4-8)5-9(12(19)15-10)13(20)16-11(6-18)17-14/h2-6,11,17H,14H2,1H3,(H,15,19)(H,16,20). The fourth-order valence-corrected chi connectivity index (χ4v) is 1.81. The van der Waals surface area contributed by atoms with Crippen LogP contribution in [0.1, 0.15) is 10.4 Å². The van der Waals surface area contributed by atoms with E-state index in [1.807, 2.05) is 0 Å². The molecule has 5 N–H and O–H groups in total. The molecule has 0 aliphatic rings. The Morgan fingerprint density at radius 1 is 1.43 bits per heavy atom. The van der Waals surface area contributed by atoms with Gasteiger partial charge in [0.05, 0.1) is 7.11 Å². The summed E-state index contributed by atoms with van der Waals surface area (Å²) in [5, 5.41) is 2.90. The maximum absolute atomic E-state index is 12.0. The van der Waals surface area contributed by atoms with Gasteiger partial charge in [-0.3, -0.25) is 20.2 Å². The van der Waals surface area contributed by atoms with Gasteiger partial charge in [-0.25, -0.2) is 5.43 Å². The zero-order valence-electron chi connectivity index (χ0n) is 11.2. The molecular formula is C13H14N4O4. The monoisotopic (exact) mass is 290 g/mol. The molecule has 1 heterocycles. The average molecular weight is 290 g/mol. The molecule has 110 valence electrons. The number of rotatable bonds is 5. The zero-order chi connectivity index (χ0) is 15.4. The second-order valence-corrected chi connectivity index (χ2v) is 4.22. The summed E-state index contributed by atoms with van der Waals surface area (Å²) in [4.78, 5) is 37.1. The number of hydrogen-bond acceptors (Lipinski definition) is 6. The number of carbonyl (C=O) groups excluding carboxylic acids is 2. The van der Waals surface area contributed by atoms with Gasteiger partial charge >= 0.3 is 0 Å². The largest absolute Gasteiger partial charge is 0.497 e. The summed E-state index contributed by atoms with van der Waals surface area (Å²) in [7, 11) is 1.52. The second kappa shape index (κ2) is 6.16.